The van der Waals surface area contributed by atoms with E-state index in [9.17, 15) is 4.79 Å². The first-order chi connectivity index (χ1) is 13.9. The number of hydrogen-bond donors (Lipinski definition) is 1. The van der Waals surface area contributed by atoms with Crippen LogP contribution in [0.3, 0.4) is 0 Å². The van der Waals surface area contributed by atoms with E-state index in [2.05, 4.69) is 40.4 Å². The van der Waals surface area contributed by atoms with Gasteiger partial charge in [-0.15, -0.1) is 9.24 Å². The molecule has 29 heavy (non-hydrogen) atoms. The Bertz CT molecular complexity index is 1050. The molecule has 1 N–H and O–H groups in total. The Kier molecular flexibility index (Phi) is 5.54. The van der Waals surface area contributed by atoms with Crippen LogP contribution in [-0.2, 0) is 4.79 Å². The highest BCUT2D eigenvalue weighted by Gasteiger charge is 2.48. The number of carbonyl (C=O) groups excluding carboxylic acids is 1. The van der Waals surface area contributed by atoms with Crippen molar-refractivity contribution >= 4 is 46.5 Å². The van der Waals surface area contributed by atoms with Crippen molar-refractivity contribution in [3.63, 3.8) is 0 Å². The lowest BCUT2D eigenvalue weighted by Gasteiger charge is -2.46. The number of aromatic amines is 1. The van der Waals surface area contributed by atoms with E-state index >= 15 is 4.39 Å². The normalized spacial score (nSPS) is 20.0. The SMILES string of the molecule is CC(P)CCOc1cc(F)c(C2C(C)C(=O)N2c2ccc3nc[nH]c3c2)c(P)n1. The first-order valence-corrected chi connectivity index (χ1v) is 10.7. The van der Waals surface area contributed by atoms with Crippen LogP contribution < -0.4 is 15.1 Å². The Morgan fingerprint density at radius 3 is 2.90 bits per heavy atom. The topological polar surface area (TPSA) is 71.1 Å². The molecule has 6 nitrogen and oxygen atoms in total. The predicted molar refractivity (Wildman–Crippen MR) is 118 cm³/mol. The third-order valence-electron chi connectivity index (χ3n) is 5.19. The second-order valence-corrected chi connectivity index (χ2v) is 9.09. The molecule has 0 spiro atoms. The van der Waals surface area contributed by atoms with E-state index < -0.39 is 11.9 Å². The highest BCUT2D eigenvalue weighted by molar-refractivity contribution is 7.27. The molecule has 3 heterocycles. The molecule has 1 aromatic carbocycles. The average Bonchev–Trinajstić information content (AvgIpc) is 3.14. The molecule has 0 saturated carbocycles. The number of β-lactam (4-membered cyclic amide) rings is 1. The van der Waals surface area contributed by atoms with Gasteiger partial charge in [0.15, 0.2) is 0 Å². The summed E-state index contributed by atoms with van der Waals surface area (Å²) in [5, 5.41) is 0. The molecule has 1 amide bonds. The van der Waals surface area contributed by atoms with Crippen molar-refractivity contribution in [2.45, 2.75) is 32.0 Å². The van der Waals surface area contributed by atoms with Crippen molar-refractivity contribution in [3.05, 3.63) is 42.0 Å². The maximum absolute atomic E-state index is 15.1. The Morgan fingerprint density at radius 2 is 2.17 bits per heavy atom. The van der Waals surface area contributed by atoms with Gasteiger partial charge in [0.1, 0.15) is 5.82 Å². The molecule has 1 saturated heterocycles. The highest BCUT2D eigenvalue weighted by Crippen LogP contribution is 2.44. The molecule has 0 bridgehead atoms. The fourth-order valence-electron chi connectivity index (χ4n) is 3.61. The van der Waals surface area contributed by atoms with E-state index in [1.165, 1.54) is 6.07 Å². The van der Waals surface area contributed by atoms with Crippen molar-refractivity contribution in [3.8, 4) is 5.88 Å². The van der Waals surface area contributed by atoms with Crippen LogP contribution in [0.1, 0.15) is 31.9 Å². The maximum atomic E-state index is 15.1. The largest absolute Gasteiger partial charge is 0.478 e. The average molecular weight is 432 g/mol. The first-order valence-electron chi connectivity index (χ1n) is 9.47. The third kappa shape index (κ3) is 3.74. The summed E-state index contributed by atoms with van der Waals surface area (Å²) < 4.78 is 20.7. The second-order valence-electron chi connectivity index (χ2n) is 7.40. The van der Waals surface area contributed by atoms with Crippen LogP contribution in [0.5, 0.6) is 5.88 Å². The predicted octanol–water partition coefficient (Wildman–Crippen LogP) is 3.35. The molecule has 0 aliphatic carbocycles. The number of halogens is 1. The zero-order valence-electron chi connectivity index (χ0n) is 16.2. The van der Waals surface area contributed by atoms with E-state index in [0.29, 0.717) is 29.0 Å². The minimum absolute atomic E-state index is 0.0487. The first kappa shape index (κ1) is 20.2. The standard InChI is InChI=1S/C20H23FN4O2P2/c1-10(28)5-6-27-16-8-13(21)17(19(29)24-16)18-11(2)20(26)25(18)12-3-4-14-15(7-12)23-9-22-14/h3-4,7-11,18H,5-6,28-29H2,1-2H3,(H,22,23). The van der Waals surface area contributed by atoms with Crippen LogP contribution in [-0.4, -0.2) is 33.1 Å². The summed E-state index contributed by atoms with van der Waals surface area (Å²) in [5.74, 6) is -0.554. The van der Waals surface area contributed by atoms with E-state index in [1.54, 1.807) is 11.2 Å². The van der Waals surface area contributed by atoms with E-state index in [4.69, 9.17) is 4.74 Å². The monoisotopic (exact) mass is 432 g/mol. The van der Waals surface area contributed by atoms with Crippen molar-refractivity contribution < 1.29 is 13.9 Å². The maximum Gasteiger partial charge on any atom is 0.232 e. The number of benzene rings is 1. The Hall–Kier alpha value is -2.10. The van der Waals surface area contributed by atoms with Gasteiger partial charge in [-0.2, -0.15) is 0 Å². The minimum Gasteiger partial charge on any atom is -0.478 e. The lowest BCUT2D eigenvalue weighted by atomic mass is 9.83. The Balaban J connectivity index is 1.64. The van der Waals surface area contributed by atoms with Crippen LogP contribution in [0.25, 0.3) is 11.0 Å². The fourth-order valence-corrected chi connectivity index (χ4v) is 4.18. The van der Waals surface area contributed by atoms with E-state index in [0.717, 1.165) is 17.5 Å². The quantitative estimate of drug-likeness (QED) is 0.479. The number of ether oxygens (including phenoxy) is 1. The van der Waals surface area contributed by atoms with Gasteiger partial charge in [-0.25, -0.2) is 14.4 Å². The van der Waals surface area contributed by atoms with E-state index in [1.807, 2.05) is 25.1 Å². The number of nitrogens with zero attached hydrogens (tertiary/aromatic N) is 3. The molecule has 1 fully saturated rings. The number of imidazole rings is 1. The van der Waals surface area contributed by atoms with Gasteiger partial charge in [0, 0.05) is 17.3 Å². The molecular weight excluding hydrogens is 409 g/mol. The molecule has 1 aliphatic rings. The van der Waals surface area contributed by atoms with Gasteiger partial charge >= 0.3 is 0 Å². The number of carbonyl (C=O) groups is 1. The smallest absolute Gasteiger partial charge is 0.232 e. The number of anilines is 1. The summed E-state index contributed by atoms with van der Waals surface area (Å²) in [7, 11) is 5.19. The minimum atomic E-state index is -0.427. The zero-order chi connectivity index (χ0) is 20.7. The van der Waals surface area contributed by atoms with Gasteiger partial charge in [0.2, 0.25) is 11.8 Å². The van der Waals surface area contributed by atoms with Gasteiger partial charge in [-0.05, 0) is 30.3 Å². The van der Waals surface area contributed by atoms with Crippen molar-refractivity contribution in [2.75, 3.05) is 11.5 Å². The van der Waals surface area contributed by atoms with Gasteiger partial charge < -0.3 is 14.6 Å². The summed E-state index contributed by atoms with van der Waals surface area (Å²) in [6.07, 6.45) is 2.44. The lowest BCUT2D eigenvalue weighted by molar-refractivity contribution is -0.129. The van der Waals surface area contributed by atoms with Crippen molar-refractivity contribution in [1.82, 2.24) is 15.0 Å². The molecule has 2 aromatic heterocycles. The van der Waals surface area contributed by atoms with Crippen LogP contribution in [0.4, 0.5) is 10.1 Å². The molecule has 4 rings (SSSR count). The van der Waals surface area contributed by atoms with Gasteiger partial charge in [0.05, 0.1) is 41.4 Å². The number of nitrogens with one attached hydrogen (secondary N) is 1. The number of pyridine rings is 1. The molecular formula is C20H23FN4O2P2. The van der Waals surface area contributed by atoms with Crippen LogP contribution in [0, 0.1) is 11.7 Å². The van der Waals surface area contributed by atoms with Gasteiger partial charge in [0.25, 0.3) is 0 Å². The van der Waals surface area contributed by atoms with Crippen molar-refractivity contribution in [2.24, 2.45) is 5.92 Å². The third-order valence-corrected chi connectivity index (χ3v) is 5.97. The molecule has 5 unspecified atom stereocenters. The Morgan fingerprint density at radius 1 is 1.38 bits per heavy atom. The Labute approximate surface area is 173 Å². The molecule has 152 valence electrons. The number of fused-ring (bicyclic) bond motifs is 1. The summed E-state index contributed by atoms with van der Waals surface area (Å²) in [6.45, 7) is 4.35. The number of hydrogen-bond acceptors (Lipinski definition) is 4. The molecule has 5 atom stereocenters. The summed E-state index contributed by atoms with van der Waals surface area (Å²) >= 11 is 0. The highest BCUT2D eigenvalue weighted by atomic mass is 31.0. The van der Waals surface area contributed by atoms with Crippen LogP contribution >= 0.6 is 18.5 Å². The summed E-state index contributed by atoms with van der Waals surface area (Å²) in [5.41, 5.74) is 3.61. The molecule has 0 radical (unpaired) electrons. The number of rotatable bonds is 6. The lowest BCUT2D eigenvalue weighted by Crippen LogP contribution is -2.55. The molecule has 1 aliphatic heterocycles. The number of aromatic nitrogens is 3. The summed E-state index contributed by atoms with van der Waals surface area (Å²) in [4.78, 5) is 25.9. The molecule has 3 aromatic rings. The molecule has 9 heteroatoms. The van der Waals surface area contributed by atoms with E-state index in [-0.39, 0.29) is 17.7 Å². The van der Waals surface area contributed by atoms with Gasteiger partial charge in [-0.3, -0.25) is 4.79 Å². The van der Waals surface area contributed by atoms with Crippen LogP contribution in [0.15, 0.2) is 30.6 Å². The number of amides is 1. The second kappa shape index (κ2) is 7.97. The fraction of sp³-hybridized carbons (Fsp3) is 0.350. The summed E-state index contributed by atoms with van der Waals surface area (Å²) in [6, 6.07) is 6.41. The van der Waals surface area contributed by atoms with Crippen molar-refractivity contribution in [1.29, 1.82) is 0 Å². The zero-order valence-corrected chi connectivity index (χ0v) is 18.5. The van der Waals surface area contributed by atoms with Gasteiger partial charge in [-0.1, -0.05) is 23.1 Å². The van der Waals surface area contributed by atoms with Crippen LogP contribution in [0.2, 0.25) is 0 Å². The number of H-pyrrole nitrogens is 1.